The number of piperazine rings is 1. The van der Waals surface area contributed by atoms with E-state index in [4.69, 9.17) is 0 Å². The fraction of sp³-hybridized carbons (Fsp3) is 0.474. The molecular formula is C19H24FN5O2S. The second-order valence-electron chi connectivity index (χ2n) is 7.17. The van der Waals surface area contributed by atoms with E-state index in [-0.39, 0.29) is 4.90 Å². The first-order valence-electron chi connectivity index (χ1n) is 9.55. The molecule has 2 fully saturated rings. The molecule has 0 spiro atoms. The van der Waals surface area contributed by atoms with Gasteiger partial charge in [-0.15, -0.1) is 0 Å². The molecule has 9 heteroatoms. The quantitative estimate of drug-likeness (QED) is 0.775. The summed E-state index contributed by atoms with van der Waals surface area (Å²) in [6, 6.07) is 7.15. The SMILES string of the molecule is Cc1nc(N2CCCC2)cc(N2CCN(S(=O)(=O)c3cccc(F)c3)CC2)n1. The molecule has 2 aliphatic rings. The molecule has 0 amide bonds. The molecule has 0 atom stereocenters. The molecule has 7 nitrogen and oxygen atoms in total. The first kappa shape index (κ1) is 19.1. The van der Waals surface area contributed by atoms with Gasteiger partial charge in [-0.1, -0.05) is 6.07 Å². The van der Waals surface area contributed by atoms with Crippen molar-refractivity contribution in [2.24, 2.45) is 0 Å². The zero-order valence-corrected chi connectivity index (χ0v) is 16.7. The first-order valence-corrected chi connectivity index (χ1v) is 11.0. The van der Waals surface area contributed by atoms with Gasteiger partial charge in [-0.25, -0.2) is 22.8 Å². The van der Waals surface area contributed by atoms with Crippen molar-refractivity contribution in [3.05, 3.63) is 42.0 Å². The standard InChI is InChI=1S/C19H24FN5O2S/c1-15-21-18(23-7-2-3-8-23)14-19(22-15)24-9-11-25(12-10-24)28(26,27)17-6-4-5-16(20)13-17/h4-6,13-14H,2-3,7-12H2,1H3. The van der Waals surface area contributed by atoms with Crippen molar-refractivity contribution in [1.82, 2.24) is 14.3 Å². The lowest BCUT2D eigenvalue weighted by atomic mass is 10.3. The van der Waals surface area contributed by atoms with E-state index in [1.165, 1.54) is 35.3 Å². The summed E-state index contributed by atoms with van der Waals surface area (Å²) >= 11 is 0. The van der Waals surface area contributed by atoms with E-state index in [0.29, 0.717) is 32.0 Å². The van der Waals surface area contributed by atoms with Gasteiger partial charge in [0.25, 0.3) is 0 Å². The zero-order valence-electron chi connectivity index (χ0n) is 15.9. The molecule has 0 aliphatic carbocycles. The lowest BCUT2D eigenvalue weighted by Gasteiger charge is -2.35. The minimum atomic E-state index is -3.69. The molecule has 150 valence electrons. The van der Waals surface area contributed by atoms with Crippen molar-refractivity contribution >= 4 is 21.7 Å². The highest BCUT2D eigenvalue weighted by Crippen LogP contribution is 2.25. The number of rotatable bonds is 4. The Kier molecular flexibility index (Phi) is 5.20. The van der Waals surface area contributed by atoms with E-state index in [0.717, 1.165) is 30.8 Å². The predicted molar refractivity (Wildman–Crippen MR) is 106 cm³/mol. The molecule has 1 aromatic carbocycles. The van der Waals surface area contributed by atoms with Gasteiger partial charge in [-0.3, -0.25) is 0 Å². The van der Waals surface area contributed by atoms with Crippen LogP contribution in [0.15, 0.2) is 35.2 Å². The topological polar surface area (TPSA) is 69.6 Å². The Balaban J connectivity index is 1.48. The van der Waals surface area contributed by atoms with Crippen LogP contribution >= 0.6 is 0 Å². The molecule has 2 aliphatic heterocycles. The largest absolute Gasteiger partial charge is 0.356 e. The monoisotopic (exact) mass is 405 g/mol. The summed E-state index contributed by atoms with van der Waals surface area (Å²) in [5.74, 6) is 1.94. The minimum Gasteiger partial charge on any atom is -0.356 e. The van der Waals surface area contributed by atoms with Crippen LogP contribution in [0, 0.1) is 12.7 Å². The van der Waals surface area contributed by atoms with Crippen molar-refractivity contribution in [3.63, 3.8) is 0 Å². The summed E-state index contributed by atoms with van der Waals surface area (Å²) in [4.78, 5) is 13.5. The fourth-order valence-corrected chi connectivity index (χ4v) is 5.20. The maximum absolute atomic E-state index is 13.4. The number of anilines is 2. The lowest BCUT2D eigenvalue weighted by molar-refractivity contribution is 0.383. The van der Waals surface area contributed by atoms with E-state index in [2.05, 4.69) is 19.8 Å². The number of halogens is 1. The summed E-state index contributed by atoms with van der Waals surface area (Å²) in [6.07, 6.45) is 2.35. The van der Waals surface area contributed by atoms with Gasteiger partial charge in [0.2, 0.25) is 10.0 Å². The highest BCUT2D eigenvalue weighted by atomic mass is 32.2. The van der Waals surface area contributed by atoms with E-state index in [9.17, 15) is 12.8 Å². The van der Waals surface area contributed by atoms with Gasteiger partial charge in [0, 0.05) is 45.3 Å². The molecule has 0 bridgehead atoms. The van der Waals surface area contributed by atoms with Crippen LogP contribution < -0.4 is 9.80 Å². The van der Waals surface area contributed by atoms with Crippen LogP contribution in [0.3, 0.4) is 0 Å². The molecule has 1 aromatic heterocycles. The smallest absolute Gasteiger partial charge is 0.243 e. The number of sulfonamides is 1. The van der Waals surface area contributed by atoms with Gasteiger partial charge < -0.3 is 9.80 Å². The Hall–Kier alpha value is -2.26. The maximum Gasteiger partial charge on any atom is 0.243 e. The molecule has 3 heterocycles. The molecule has 0 radical (unpaired) electrons. The van der Waals surface area contributed by atoms with Gasteiger partial charge >= 0.3 is 0 Å². The van der Waals surface area contributed by atoms with E-state index < -0.39 is 15.8 Å². The van der Waals surface area contributed by atoms with Crippen LogP contribution in [0.5, 0.6) is 0 Å². The maximum atomic E-state index is 13.4. The van der Waals surface area contributed by atoms with Crippen molar-refractivity contribution in [2.45, 2.75) is 24.7 Å². The van der Waals surface area contributed by atoms with Gasteiger partial charge in [0.15, 0.2) is 0 Å². The Labute approximate surface area is 164 Å². The van der Waals surface area contributed by atoms with E-state index in [1.807, 2.05) is 13.0 Å². The highest BCUT2D eigenvalue weighted by Gasteiger charge is 2.29. The van der Waals surface area contributed by atoms with Gasteiger partial charge in [-0.2, -0.15) is 4.31 Å². The van der Waals surface area contributed by atoms with Crippen LogP contribution in [0.2, 0.25) is 0 Å². The van der Waals surface area contributed by atoms with E-state index >= 15 is 0 Å². The van der Waals surface area contributed by atoms with Gasteiger partial charge in [0.05, 0.1) is 4.90 Å². The molecule has 0 unspecified atom stereocenters. The number of aromatic nitrogens is 2. The normalized spacial score (nSPS) is 18.6. The second kappa shape index (κ2) is 7.63. The van der Waals surface area contributed by atoms with Crippen molar-refractivity contribution in [2.75, 3.05) is 49.1 Å². The van der Waals surface area contributed by atoms with Crippen molar-refractivity contribution < 1.29 is 12.8 Å². The third-order valence-corrected chi connectivity index (χ3v) is 7.13. The number of hydrogen-bond acceptors (Lipinski definition) is 6. The molecule has 2 saturated heterocycles. The van der Waals surface area contributed by atoms with E-state index in [1.54, 1.807) is 0 Å². The molecule has 0 saturated carbocycles. The first-order chi connectivity index (χ1) is 13.4. The Morgan fingerprint density at radius 1 is 0.893 bits per heavy atom. The van der Waals surface area contributed by atoms with Crippen LogP contribution in [-0.2, 0) is 10.0 Å². The summed E-state index contributed by atoms with van der Waals surface area (Å²) < 4.78 is 40.4. The number of benzene rings is 1. The predicted octanol–water partition coefficient (Wildman–Crippen LogP) is 2.04. The summed E-state index contributed by atoms with van der Waals surface area (Å²) in [7, 11) is -3.69. The molecule has 2 aromatic rings. The molecule has 28 heavy (non-hydrogen) atoms. The molecule has 0 N–H and O–H groups in total. The summed E-state index contributed by atoms with van der Waals surface area (Å²) in [5.41, 5.74) is 0. The Morgan fingerprint density at radius 3 is 2.11 bits per heavy atom. The zero-order chi connectivity index (χ0) is 19.7. The third kappa shape index (κ3) is 3.81. The number of hydrogen-bond donors (Lipinski definition) is 0. The summed E-state index contributed by atoms with van der Waals surface area (Å²) in [5, 5.41) is 0. The Bertz CT molecular complexity index is 955. The van der Waals surface area contributed by atoms with Crippen LogP contribution in [0.25, 0.3) is 0 Å². The number of aryl methyl sites for hydroxylation is 1. The molecular weight excluding hydrogens is 381 g/mol. The average Bonchev–Trinajstić information content (AvgIpc) is 3.22. The van der Waals surface area contributed by atoms with Gasteiger partial charge in [0.1, 0.15) is 23.3 Å². The summed E-state index contributed by atoms with van der Waals surface area (Å²) in [6.45, 7) is 5.63. The third-order valence-electron chi connectivity index (χ3n) is 5.24. The minimum absolute atomic E-state index is 0.00449. The number of nitrogens with zero attached hydrogens (tertiary/aromatic N) is 5. The van der Waals surface area contributed by atoms with Gasteiger partial charge in [-0.05, 0) is 38.0 Å². The highest BCUT2D eigenvalue weighted by molar-refractivity contribution is 7.89. The average molecular weight is 405 g/mol. The molecule has 4 rings (SSSR count). The van der Waals surface area contributed by atoms with Crippen LogP contribution in [0.4, 0.5) is 16.0 Å². The lowest BCUT2D eigenvalue weighted by Crippen LogP contribution is -2.49. The Morgan fingerprint density at radius 2 is 1.50 bits per heavy atom. The fourth-order valence-electron chi connectivity index (χ4n) is 3.74. The van der Waals surface area contributed by atoms with Crippen LogP contribution in [-0.4, -0.2) is 62.0 Å². The van der Waals surface area contributed by atoms with Crippen molar-refractivity contribution in [3.8, 4) is 0 Å². The second-order valence-corrected chi connectivity index (χ2v) is 9.11. The van der Waals surface area contributed by atoms with Crippen molar-refractivity contribution in [1.29, 1.82) is 0 Å². The van der Waals surface area contributed by atoms with Crippen LogP contribution in [0.1, 0.15) is 18.7 Å².